The Balaban J connectivity index is 5.39. The lowest BCUT2D eigenvalue weighted by atomic mass is 10.1. The number of nitrogens with one attached hydrogen (secondary N) is 1. The second-order valence-electron chi connectivity index (χ2n) is 19.3. The summed E-state index contributed by atoms with van der Waals surface area (Å²) >= 11 is 0. The van der Waals surface area contributed by atoms with Gasteiger partial charge in [-0.05, 0) is 102 Å². The Labute approximate surface area is 424 Å². The minimum Gasteiger partial charge on any atom is -0.756 e. The van der Waals surface area contributed by atoms with Gasteiger partial charge in [-0.3, -0.25) is 14.2 Å². The van der Waals surface area contributed by atoms with E-state index >= 15 is 0 Å². The Kier molecular flexibility index (Phi) is 46.4. The third-order valence-electron chi connectivity index (χ3n) is 11.5. The third kappa shape index (κ3) is 49.7. The summed E-state index contributed by atoms with van der Waals surface area (Å²) in [6.45, 7) is 6.61. The highest BCUT2D eigenvalue weighted by Crippen LogP contribution is 2.38. The van der Waals surface area contributed by atoms with E-state index in [0.717, 1.165) is 109 Å². The maximum absolute atomic E-state index is 13.4. The Morgan fingerprint density at radius 3 is 1.46 bits per heavy atom. The second kappa shape index (κ2) is 48.6. The number of quaternary nitrogens is 1. The van der Waals surface area contributed by atoms with Crippen molar-refractivity contribution in [1.29, 1.82) is 0 Å². The van der Waals surface area contributed by atoms with Gasteiger partial charge in [0.15, 0.2) is 0 Å². The summed E-state index contributed by atoms with van der Waals surface area (Å²) in [6, 6.07) is -0.918. The third-order valence-corrected chi connectivity index (χ3v) is 12.5. The molecule has 0 bridgehead atoms. The molecule has 0 radical (unpaired) electrons. The Hall–Kier alpha value is -3.07. The van der Waals surface area contributed by atoms with E-state index in [1.54, 1.807) is 6.08 Å². The lowest BCUT2D eigenvalue weighted by molar-refractivity contribution is -0.870. The first-order valence-corrected chi connectivity index (χ1v) is 29.0. The van der Waals surface area contributed by atoms with Crippen molar-refractivity contribution in [2.24, 2.45) is 0 Å². The number of hydrogen-bond acceptors (Lipinski definition) is 7. The quantitative estimate of drug-likeness (QED) is 0.0212. The molecule has 10 heteroatoms. The molecule has 69 heavy (non-hydrogen) atoms. The van der Waals surface area contributed by atoms with Crippen LogP contribution in [0.2, 0.25) is 0 Å². The molecule has 0 saturated carbocycles. The maximum atomic E-state index is 13.4. The number of phosphoric ester groups is 1. The number of phosphoric acid groups is 1. The van der Waals surface area contributed by atoms with E-state index in [0.29, 0.717) is 23.9 Å². The number of amides is 1. The standard InChI is InChI=1S/C59H103N2O7P/c1-7-10-13-16-19-22-25-26-27-28-29-30-31-32-33-34-37-39-42-45-48-51-58(62)60-56(55-67-69(64,65)66-54-53-61(4,5)6)57(50-47-44-41-38-35-23-20-17-14-11-8-2)68-59(63)52-49-46-43-40-36-24-21-18-15-12-9-3/h10,13,18-19,21-22,26-27,29-30,32-33,37,39,47,50,56-57H,7-9,11-12,14-17,20,23-25,28,31,34-36,38,40-46,48-49,51-55H2,1-6H3,(H-,60,62,64,65)/b13-10-,21-18-,22-19-,27-26-,30-29-,33-32-,39-37-,50-47-. The van der Waals surface area contributed by atoms with E-state index in [2.05, 4.69) is 111 Å². The fourth-order valence-electron chi connectivity index (χ4n) is 7.21. The highest BCUT2D eigenvalue weighted by molar-refractivity contribution is 7.45. The zero-order chi connectivity index (χ0) is 50.8. The van der Waals surface area contributed by atoms with Crippen LogP contribution >= 0.6 is 7.82 Å². The number of carbonyl (C=O) groups excluding carboxylic acids is 2. The van der Waals surface area contributed by atoms with Crippen LogP contribution in [0.15, 0.2) is 97.2 Å². The smallest absolute Gasteiger partial charge is 0.306 e. The van der Waals surface area contributed by atoms with E-state index in [9.17, 15) is 19.0 Å². The molecule has 0 aliphatic rings. The van der Waals surface area contributed by atoms with Gasteiger partial charge >= 0.3 is 5.97 Å². The van der Waals surface area contributed by atoms with E-state index in [-0.39, 0.29) is 31.3 Å². The molecular formula is C59H103N2O7P. The lowest BCUT2D eigenvalue weighted by Gasteiger charge is -2.30. The van der Waals surface area contributed by atoms with E-state index < -0.39 is 26.6 Å². The number of carbonyl (C=O) groups is 2. The Morgan fingerprint density at radius 1 is 0.522 bits per heavy atom. The summed E-state index contributed by atoms with van der Waals surface area (Å²) < 4.78 is 30.1. The molecule has 9 nitrogen and oxygen atoms in total. The first-order valence-electron chi connectivity index (χ1n) is 27.5. The van der Waals surface area contributed by atoms with Gasteiger partial charge in [-0.1, -0.05) is 195 Å². The van der Waals surface area contributed by atoms with Crippen molar-refractivity contribution in [1.82, 2.24) is 5.32 Å². The molecular weight excluding hydrogens is 880 g/mol. The molecule has 0 aliphatic heterocycles. The number of likely N-dealkylation sites (N-methyl/N-ethyl adjacent to an activating group) is 1. The molecule has 0 spiro atoms. The number of allylic oxidation sites excluding steroid dienone is 15. The van der Waals surface area contributed by atoms with Crippen LogP contribution in [-0.2, 0) is 27.9 Å². The Bertz CT molecular complexity index is 1510. The predicted molar refractivity (Wildman–Crippen MR) is 293 cm³/mol. The summed E-state index contributed by atoms with van der Waals surface area (Å²) in [4.78, 5) is 39.7. The number of unbranched alkanes of at least 4 members (excludes halogenated alkanes) is 18. The zero-order valence-corrected chi connectivity index (χ0v) is 45.9. The molecule has 0 rings (SSSR count). The molecule has 1 N–H and O–H groups in total. The lowest BCUT2D eigenvalue weighted by Crippen LogP contribution is -2.47. The van der Waals surface area contributed by atoms with E-state index in [1.165, 1.54) is 57.8 Å². The van der Waals surface area contributed by atoms with Gasteiger partial charge in [0.2, 0.25) is 5.91 Å². The summed E-state index contributed by atoms with van der Waals surface area (Å²) in [7, 11) is 1.13. The van der Waals surface area contributed by atoms with Crippen LogP contribution in [0.5, 0.6) is 0 Å². The molecule has 1 amide bonds. The van der Waals surface area contributed by atoms with Crippen LogP contribution < -0.4 is 10.2 Å². The van der Waals surface area contributed by atoms with Gasteiger partial charge in [-0.25, -0.2) is 0 Å². The van der Waals surface area contributed by atoms with Gasteiger partial charge < -0.3 is 28.5 Å². The fraction of sp³-hybridized carbons (Fsp3) is 0.695. The first kappa shape index (κ1) is 65.9. The van der Waals surface area contributed by atoms with Gasteiger partial charge in [0.05, 0.1) is 33.8 Å². The summed E-state index contributed by atoms with van der Waals surface area (Å²) in [6.07, 6.45) is 63.8. The van der Waals surface area contributed by atoms with Crippen molar-refractivity contribution in [2.75, 3.05) is 40.9 Å². The first-order chi connectivity index (χ1) is 33.4. The number of nitrogens with zero attached hydrogens (tertiary/aromatic N) is 1. The van der Waals surface area contributed by atoms with Crippen molar-refractivity contribution in [3.63, 3.8) is 0 Å². The molecule has 0 aromatic carbocycles. The summed E-state index contributed by atoms with van der Waals surface area (Å²) in [5, 5.41) is 2.98. The van der Waals surface area contributed by atoms with Crippen molar-refractivity contribution >= 4 is 19.7 Å². The molecule has 3 unspecified atom stereocenters. The van der Waals surface area contributed by atoms with Crippen molar-refractivity contribution < 1.29 is 37.3 Å². The molecule has 0 fully saturated rings. The molecule has 0 aromatic rings. The van der Waals surface area contributed by atoms with Gasteiger partial charge in [0.1, 0.15) is 19.3 Å². The van der Waals surface area contributed by atoms with Gasteiger partial charge in [-0.2, -0.15) is 0 Å². The van der Waals surface area contributed by atoms with Gasteiger partial charge in [-0.15, -0.1) is 0 Å². The van der Waals surface area contributed by atoms with Crippen LogP contribution in [0.3, 0.4) is 0 Å². The van der Waals surface area contributed by atoms with Crippen LogP contribution in [0.25, 0.3) is 0 Å². The maximum Gasteiger partial charge on any atom is 0.306 e. The minimum atomic E-state index is -4.71. The van der Waals surface area contributed by atoms with Crippen molar-refractivity contribution in [2.45, 2.75) is 226 Å². The number of ether oxygens (including phenoxy) is 1. The minimum absolute atomic E-state index is 0.0369. The van der Waals surface area contributed by atoms with Crippen LogP contribution in [0.1, 0.15) is 213 Å². The van der Waals surface area contributed by atoms with E-state index in [1.807, 2.05) is 27.2 Å². The number of hydrogen-bond donors (Lipinski definition) is 1. The normalized spacial score (nSPS) is 14.6. The zero-order valence-electron chi connectivity index (χ0n) is 45.0. The van der Waals surface area contributed by atoms with Crippen LogP contribution in [0.4, 0.5) is 0 Å². The largest absolute Gasteiger partial charge is 0.756 e. The fourth-order valence-corrected chi connectivity index (χ4v) is 7.93. The highest BCUT2D eigenvalue weighted by Gasteiger charge is 2.27. The number of rotatable bonds is 48. The van der Waals surface area contributed by atoms with Gasteiger partial charge in [0, 0.05) is 12.8 Å². The molecule has 0 aliphatic carbocycles. The molecule has 396 valence electrons. The monoisotopic (exact) mass is 983 g/mol. The van der Waals surface area contributed by atoms with Gasteiger partial charge in [0.25, 0.3) is 7.82 Å². The molecule has 0 heterocycles. The van der Waals surface area contributed by atoms with Crippen molar-refractivity contribution in [3.8, 4) is 0 Å². The summed E-state index contributed by atoms with van der Waals surface area (Å²) in [5.74, 6) is -0.613. The topological polar surface area (TPSA) is 114 Å². The second-order valence-corrected chi connectivity index (χ2v) is 20.8. The van der Waals surface area contributed by atoms with Crippen molar-refractivity contribution in [3.05, 3.63) is 97.2 Å². The highest BCUT2D eigenvalue weighted by atomic mass is 31.2. The molecule has 0 saturated heterocycles. The summed E-state index contributed by atoms with van der Waals surface area (Å²) in [5.41, 5.74) is 0. The van der Waals surface area contributed by atoms with Crippen LogP contribution in [-0.4, -0.2) is 69.4 Å². The molecule has 3 atom stereocenters. The average molecular weight is 983 g/mol. The molecule has 0 aromatic heterocycles. The Morgan fingerprint density at radius 2 is 0.942 bits per heavy atom. The average Bonchev–Trinajstić information content (AvgIpc) is 3.31. The van der Waals surface area contributed by atoms with Crippen LogP contribution in [0, 0.1) is 0 Å². The van der Waals surface area contributed by atoms with E-state index in [4.69, 9.17) is 13.8 Å². The number of esters is 1. The predicted octanol–water partition coefficient (Wildman–Crippen LogP) is 15.8. The SMILES string of the molecule is CC/C=C\C/C=C\C/C=C\C/C=C\C/C=C\C/C=C\CCCCC(=O)NC(COP(=O)([O-])OCC[N+](C)(C)C)C(/C=C\CCCCCCCCCCC)OC(=O)CCCCCCC/C=C\CCCC.